The molecule has 0 unspecified atom stereocenters. The van der Waals surface area contributed by atoms with Gasteiger partial charge < -0.3 is 19.9 Å². The summed E-state index contributed by atoms with van der Waals surface area (Å²) in [6.45, 7) is 6.46. The Morgan fingerprint density at radius 2 is 1.80 bits per heavy atom. The van der Waals surface area contributed by atoms with Gasteiger partial charge in [-0.25, -0.2) is 18.8 Å². The maximum Gasteiger partial charge on any atom is 0.296 e. The lowest BCUT2D eigenvalue weighted by Gasteiger charge is -2.39. The number of hydrogen-bond donors (Lipinski definition) is 2. The Labute approximate surface area is 231 Å². The lowest BCUT2D eigenvalue weighted by molar-refractivity contribution is -0.128. The smallest absolute Gasteiger partial charge is 0.296 e. The van der Waals surface area contributed by atoms with Crippen LogP contribution in [0.15, 0.2) is 30.3 Å². The number of piperidine rings is 1. The first-order chi connectivity index (χ1) is 19.5. The lowest BCUT2D eigenvalue weighted by atomic mass is 10.1. The molecule has 13 heteroatoms. The van der Waals surface area contributed by atoms with E-state index in [1.54, 1.807) is 30.3 Å². The predicted molar refractivity (Wildman–Crippen MR) is 147 cm³/mol. The Bertz CT molecular complexity index is 1320. The van der Waals surface area contributed by atoms with E-state index in [0.717, 1.165) is 19.6 Å². The highest BCUT2D eigenvalue weighted by atomic mass is 19.3. The predicted octanol–water partition coefficient (Wildman–Crippen LogP) is 2.59. The van der Waals surface area contributed by atoms with Crippen LogP contribution in [0.1, 0.15) is 37.9 Å². The molecule has 11 nitrogen and oxygen atoms in total. The Morgan fingerprint density at radius 1 is 1.02 bits per heavy atom. The van der Waals surface area contributed by atoms with Crippen molar-refractivity contribution in [2.45, 2.75) is 38.2 Å². The molecule has 6 rings (SSSR count). The summed E-state index contributed by atoms with van der Waals surface area (Å²) in [7, 11) is 0. The van der Waals surface area contributed by atoms with Gasteiger partial charge in [0, 0.05) is 45.2 Å². The van der Waals surface area contributed by atoms with Crippen LogP contribution >= 0.6 is 0 Å². The van der Waals surface area contributed by atoms with Crippen LogP contribution in [0.25, 0.3) is 16.9 Å². The molecule has 214 valence electrons. The fourth-order valence-electron chi connectivity index (χ4n) is 5.49. The molecule has 1 amide bonds. The second kappa shape index (κ2) is 12.0. The van der Waals surface area contributed by atoms with Crippen molar-refractivity contribution < 1.29 is 18.3 Å². The quantitative estimate of drug-likeness (QED) is 0.412. The zero-order chi connectivity index (χ0) is 27.5. The van der Waals surface area contributed by atoms with Gasteiger partial charge in [-0.15, -0.1) is 0 Å². The first kappa shape index (κ1) is 26.8. The molecule has 0 saturated carbocycles. The first-order valence-corrected chi connectivity index (χ1v) is 14.0. The van der Waals surface area contributed by atoms with Crippen molar-refractivity contribution in [2.75, 3.05) is 69.2 Å². The molecule has 0 spiro atoms. The molecular weight excluding hydrogens is 520 g/mol. The third-order valence-corrected chi connectivity index (χ3v) is 7.63. The van der Waals surface area contributed by atoms with Gasteiger partial charge in [-0.1, -0.05) is 18.6 Å². The van der Waals surface area contributed by atoms with Crippen LogP contribution in [-0.4, -0.2) is 100 Å². The fraction of sp³-hybridized carbons (Fsp3) is 0.556. The van der Waals surface area contributed by atoms with E-state index in [1.165, 1.54) is 23.8 Å². The number of halogens is 2. The van der Waals surface area contributed by atoms with Crippen LogP contribution in [-0.2, 0) is 9.53 Å². The van der Waals surface area contributed by atoms with Gasteiger partial charge in [-0.2, -0.15) is 9.97 Å². The number of benzene rings is 1. The van der Waals surface area contributed by atoms with Crippen molar-refractivity contribution >= 4 is 28.7 Å². The second-order valence-electron chi connectivity index (χ2n) is 10.5. The summed E-state index contributed by atoms with van der Waals surface area (Å²) in [6, 6.07) is 8.76. The number of ether oxygens (including phenoxy) is 1. The molecule has 0 aliphatic carbocycles. The Kier molecular flexibility index (Phi) is 8.03. The van der Waals surface area contributed by atoms with Crippen molar-refractivity contribution in [2.24, 2.45) is 0 Å². The highest BCUT2D eigenvalue weighted by Gasteiger charge is 2.30. The molecule has 5 heterocycles. The van der Waals surface area contributed by atoms with Crippen LogP contribution in [0.2, 0.25) is 0 Å². The number of para-hydroxylation sites is 2. The maximum atomic E-state index is 14.1. The number of rotatable bonds is 9. The highest BCUT2D eigenvalue weighted by molar-refractivity contribution is 5.78. The standard InChI is InChI=1S/C27H35F2N9O2/c28-25(29)26-31-20-6-2-3-7-21(20)38(26)23-16-22(32-27(33-23)36-12-14-40-15-13-36)30-19-17-37(18-19)34-24(39)8-11-35-9-4-1-5-10-35/h2-3,6-7,16,19,25H,1,4-5,8-15,17-18H2,(H,34,39)(H,30,32,33). The average Bonchev–Trinajstić information content (AvgIpc) is 3.36. The van der Waals surface area contributed by atoms with Gasteiger partial charge in [-0.05, 0) is 38.1 Å². The van der Waals surface area contributed by atoms with Crippen molar-refractivity contribution in [1.29, 1.82) is 0 Å². The molecule has 2 N–H and O–H groups in total. The van der Waals surface area contributed by atoms with Crippen LogP contribution in [0.5, 0.6) is 0 Å². The van der Waals surface area contributed by atoms with Crippen molar-refractivity contribution in [1.82, 2.24) is 34.9 Å². The number of amides is 1. The fourth-order valence-corrected chi connectivity index (χ4v) is 5.49. The van der Waals surface area contributed by atoms with Gasteiger partial charge in [0.05, 0.1) is 30.3 Å². The molecule has 40 heavy (non-hydrogen) atoms. The van der Waals surface area contributed by atoms with Crippen LogP contribution in [0.4, 0.5) is 20.5 Å². The number of carbonyl (C=O) groups is 1. The number of nitrogens with zero attached hydrogens (tertiary/aromatic N) is 7. The number of morpholine rings is 1. The van der Waals surface area contributed by atoms with E-state index in [-0.39, 0.29) is 17.8 Å². The number of imidazole rings is 1. The second-order valence-corrected chi connectivity index (χ2v) is 10.5. The molecule has 0 radical (unpaired) electrons. The normalized spacial score (nSPS) is 19.2. The minimum absolute atomic E-state index is 0.0227. The molecule has 1 aromatic carbocycles. The molecule has 3 fully saturated rings. The van der Waals surface area contributed by atoms with Gasteiger partial charge in [-0.3, -0.25) is 14.8 Å². The highest BCUT2D eigenvalue weighted by Crippen LogP contribution is 2.29. The molecule has 0 atom stereocenters. The van der Waals surface area contributed by atoms with E-state index in [2.05, 4.69) is 20.6 Å². The summed E-state index contributed by atoms with van der Waals surface area (Å²) in [5, 5.41) is 5.30. The van der Waals surface area contributed by atoms with Gasteiger partial charge in [0.15, 0.2) is 5.82 Å². The summed E-state index contributed by atoms with van der Waals surface area (Å²) < 4.78 is 35.0. The summed E-state index contributed by atoms with van der Waals surface area (Å²) in [6.07, 6.45) is 1.40. The number of nitrogens with one attached hydrogen (secondary N) is 2. The van der Waals surface area contributed by atoms with Crippen molar-refractivity contribution in [3.8, 4) is 5.82 Å². The number of fused-ring (bicyclic) bond motifs is 1. The molecule has 3 saturated heterocycles. The molecule has 3 aromatic rings. The molecule has 3 aliphatic rings. The third kappa shape index (κ3) is 6.01. The van der Waals surface area contributed by atoms with E-state index in [4.69, 9.17) is 14.7 Å². The minimum Gasteiger partial charge on any atom is -0.378 e. The van der Waals surface area contributed by atoms with Crippen LogP contribution in [0, 0.1) is 0 Å². The average molecular weight is 556 g/mol. The SMILES string of the molecule is O=C(CCN1CCCCC1)NN1CC(Nc2cc(-n3c(C(F)F)nc4ccccc43)nc(N3CCOCC3)n2)C1. The summed E-state index contributed by atoms with van der Waals surface area (Å²) in [5.41, 5.74) is 4.02. The van der Waals surface area contributed by atoms with E-state index in [1.807, 2.05) is 9.91 Å². The number of carbonyl (C=O) groups excluding carboxylic acids is 1. The van der Waals surface area contributed by atoms with E-state index in [9.17, 15) is 13.6 Å². The summed E-state index contributed by atoms with van der Waals surface area (Å²) in [4.78, 5) is 30.4. The number of hydrazine groups is 1. The van der Waals surface area contributed by atoms with Gasteiger partial charge in [0.2, 0.25) is 11.9 Å². The van der Waals surface area contributed by atoms with Gasteiger partial charge >= 0.3 is 0 Å². The first-order valence-electron chi connectivity index (χ1n) is 14.0. The van der Waals surface area contributed by atoms with Crippen molar-refractivity contribution in [3.63, 3.8) is 0 Å². The Balaban J connectivity index is 1.16. The van der Waals surface area contributed by atoms with Gasteiger partial charge in [0.25, 0.3) is 6.43 Å². The Hall–Kier alpha value is -3.42. The topological polar surface area (TPSA) is 104 Å². The van der Waals surface area contributed by atoms with Crippen molar-refractivity contribution in [3.05, 3.63) is 36.2 Å². The maximum absolute atomic E-state index is 14.1. The van der Waals surface area contributed by atoms with Gasteiger partial charge in [0.1, 0.15) is 11.6 Å². The number of hydrogen-bond acceptors (Lipinski definition) is 9. The number of alkyl halides is 2. The number of aromatic nitrogens is 4. The summed E-state index contributed by atoms with van der Waals surface area (Å²) >= 11 is 0. The van der Waals surface area contributed by atoms with E-state index < -0.39 is 6.43 Å². The number of likely N-dealkylation sites (tertiary alicyclic amines) is 1. The molecule has 0 bridgehead atoms. The molecule has 2 aromatic heterocycles. The van der Waals surface area contributed by atoms with Crippen LogP contribution < -0.4 is 15.6 Å². The van der Waals surface area contributed by atoms with E-state index in [0.29, 0.717) is 74.4 Å². The Morgan fingerprint density at radius 3 is 2.58 bits per heavy atom. The molecular formula is C27H35F2N9O2. The summed E-state index contributed by atoms with van der Waals surface area (Å²) in [5.74, 6) is 0.967. The lowest BCUT2D eigenvalue weighted by Crippen LogP contribution is -2.61. The zero-order valence-electron chi connectivity index (χ0n) is 22.4. The number of anilines is 2. The molecule has 3 aliphatic heterocycles. The minimum atomic E-state index is -2.77. The third-order valence-electron chi connectivity index (χ3n) is 7.63. The van der Waals surface area contributed by atoms with E-state index >= 15 is 0 Å². The zero-order valence-corrected chi connectivity index (χ0v) is 22.4. The largest absolute Gasteiger partial charge is 0.378 e. The monoisotopic (exact) mass is 555 g/mol. The van der Waals surface area contributed by atoms with Crippen LogP contribution in [0.3, 0.4) is 0 Å².